The summed E-state index contributed by atoms with van der Waals surface area (Å²) in [4.78, 5) is 18.6. The summed E-state index contributed by atoms with van der Waals surface area (Å²) in [6.07, 6.45) is 8.77. The Kier molecular flexibility index (Phi) is 3.71. The molecule has 2 unspecified atom stereocenters. The summed E-state index contributed by atoms with van der Waals surface area (Å²) in [5, 5.41) is 0. The summed E-state index contributed by atoms with van der Waals surface area (Å²) in [6, 6.07) is 2.45. The van der Waals surface area contributed by atoms with Crippen LogP contribution in [0, 0.1) is 6.92 Å². The first-order valence-electron chi connectivity index (χ1n) is 7.98. The fraction of sp³-hybridized carbons (Fsp3) is 0.556. The molecular formula is C18H24N2O2. The van der Waals surface area contributed by atoms with Crippen molar-refractivity contribution in [3.05, 3.63) is 35.7 Å². The zero-order chi connectivity index (χ0) is 15.9. The van der Waals surface area contributed by atoms with Crippen molar-refractivity contribution < 1.29 is 9.53 Å². The van der Waals surface area contributed by atoms with Gasteiger partial charge >= 0.3 is 6.09 Å². The van der Waals surface area contributed by atoms with Crippen LogP contribution in [0.5, 0.6) is 0 Å². The van der Waals surface area contributed by atoms with Crippen LogP contribution in [0.3, 0.4) is 0 Å². The van der Waals surface area contributed by atoms with Crippen molar-refractivity contribution in [1.29, 1.82) is 0 Å². The molecule has 1 fully saturated rings. The number of amides is 1. The lowest BCUT2D eigenvalue weighted by Crippen LogP contribution is -2.45. The van der Waals surface area contributed by atoms with Crippen LogP contribution in [-0.4, -0.2) is 33.7 Å². The van der Waals surface area contributed by atoms with Gasteiger partial charge in [0.05, 0.1) is 6.04 Å². The van der Waals surface area contributed by atoms with Gasteiger partial charge in [0.15, 0.2) is 0 Å². The number of rotatable bonds is 1. The highest BCUT2D eigenvalue weighted by Gasteiger charge is 2.41. The average molecular weight is 300 g/mol. The van der Waals surface area contributed by atoms with E-state index in [4.69, 9.17) is 4.74 Å². The Bertz CT molecular complexity index is 616. The maximum Gasteiger partial charge on any atom is 0.411 e. The van der Waals surface area contributed by atoms with Crippen molar-refractivity contribution in [2.45, 2.75) is 64.6 Å². The molecule has 22 heavy (non-hydrogen) atoms. The van der Waals surface area contributed by atoms with E-state index >= 15 is 0 Å². The Morgan fingerprint density at radius 1 is 1.36 bits per heavy atom. The molecule has 2 atom stereocenters. The average Bonchev–Trinajstić information content (AvgIpc) is 2.68. The number of ether oxygens (including phenoxy) is 1. The summed E-state index contributed by atoms with van der Waals surface area (Å²) in [6.45, 7) is 7.85. The number of hydrogen-bond donors (Lipinski definition) is 0. The smallest absolute Gasteiger partial charge is 0.411 e. The zero-order valence-electron chi connectivity index (χ0n) is 13.8. The first-order valence-corrected chi connectivity index (χ1v) is 7.98. The van der Waals surface area contributed by atoms with Crippen molar-refractivity contribution in [3.63, 3.8) is 0 Å². The van der Waals surface area contributed by atoms with E-state index in [1.165, 1.54) is 16.7 Å². The summed E-state index contributed by atoms with van der Waals surface area (Å²) in [7, 11) is 0. The summed E-state index contributed by atoms with van der Waals surface area (Å²) in [5.41, 5.74) is 3.33. The van der Waals surface area contributed by atoms with Gasteiger partial charge in [0, 0.05) is 18.4 Å². The van der Waals surface area contributed by atoms with Crippen LogP contribution in [0.1, 0.15) is 51.2 Å². The molecule has 0 aromatic carbocycles. The minimum Gasteiger partial charge on any atom is -0.444 e. The van der Waals surface area contributed by atoms with Crippen LogP contribution in [0.2, 0.25) is 0 Å². The Balaban J connectivity index is 1.84. The first kappa shape index (κ1) is 15.1. The van der Waals surface area contributed by atoms with Crippen molar-refractivity contribution in [1.82, 2.24) is 9.88 Å². The number of aryl methyl sites for hydroxylation is 1. The first-order chi connectivity index (χ1) is 10.3. The highest BCUT2D eigenvalue weighted by Crippen LogP contribution is 2.39. The van der Waals surface area contributed by atoms with Crippen molar-refractivity contribution in [3.8, 4) is 0 Å². The number of aromatic nitrogens is 1. The number of hydrogen-bond acceptors (Lipinski definition) is 3. The zero-order valence-corrected chi connectivity index (χ0v) is 13.8. The summed E-state index contributed by atoms with van der Waals surface area (Å²) >= 11 is 0. The second-order valence-electron chi connectivity index (χ2n) is 7.27. The van der Waals surface area contributed by atoms with E-state index in [1.54, 1.807) is 0 Å². The van der Waals surface area contributed by atoms with E-state index < -0.39 is 5.60 Å². The Labute approximate surface area is 132 Å². The third-order valence-corrected chi connectivity index (χ3v) is 4.38. The quantitative estimate of drug-likeness (QED) is 0.788. The molecule has 1 amide bonds. The number of carbonyl (C=O) groups is 1. The topological polar surface area (TPSA) is 42.4 Å². The van der Waals surface area contributed by atoms with Gasteiger partial charge in [0.1, 0.15) is 5.60 Å². The number of fused-ring (bicyclic) bond motifs is 2. The molecule has 0 spiro atoms. The van der Waals surface area contributed by atoms with Crippen molar-refractivity contribution in [2.24, 2.45) is 0 Å². The van der Waals surface area contributed by atoms with Gasteiger partial charge in [-0.3, -0.25) is 9.88 Å². The molecule has 1 aromatic rings. The number of nitrogens with zero attached hydrogens (tertiary/aromatic N) is 2. The van der Waals surface area contributed by atoms with Crippen LogP contribution < -0.4 is 0 Å². The van der Waals surface area contributed by atoms with E-state index in [0.717, 1.165) is 19.3 Å². The summed E-state index contributed by atoms with van der Waals surface area (Å²) < 4.78 is 5.57. The lowest BCUT2D eigenvalue weighted by Gasteiger charge is -2.35. The molecule has 0 radical (unpaired) electrons. The molecule has 3 heterocycles. The Hall–Kier alpha value is -1.84. The normalized spacial score (nSPS) is 24.2. The largest absolute Gasteiger partial charge is 0.444 e. The summed E-state index contributed by atoms with van der Waals surface area (Å²) in [5.74, 6) is 0. The van der Waals surface area contributed by atoms with Gasteiger partial charge in [-0.05, 0) is 69.7 Å². The minimum atomic E-state index is -0.444. The second kappa shape index (κ2) is 5.41. The van der Waals surface area contributed by atoms with Gasteiger partial charge in [-0.15, -0.1) is 0 Å². The van der Waals surface area contributed by atoms with E-state index in [0.29, 0.717) is 0 Å². The van der Waals surface area contributed by atoms with Crippen LogP contribution in [-0.2, 0) is 4.74 Å². The predicted molar refractivity (Wildman–Crippen MR) is 86.5 cm³/mol. The van der Waals surface area contributed by atoms with Crippen molar-refractivity contribution >= 4 is 11.7 Å². The molecule has 2 aliphatic heterocycles. The molecule has 4 heteroatoms. The molecule has 0 N–H and O–H groups in total. The highest BCUT2D eigenvalue weighted by atomic mass is 16.6. The lowest BCUT2D eigenvalue weighted by atomic mass is 9.93. The van der Waals surface area contributed by atoms with E-state index in [-0.39, 0.29) is 18.2 Å². The Morgan fingerprint density at radius 2 is 2.14 bits per heavy atom. The van der Waals surface area contributed by atoms with Crippen LogP contribution in [0.15, 0.2) is 24.5 Å². The molecule has 3 rings (SSSR count). The third-order valence-electron chi connectivity index (χ3n) is 4.38. The Morgan fingerprint density at radius 3 is 2.77 bits per heavy atom. The second-order valence-corrected chi connectivity index (χ2v) is 7.27. The fourth-order valence-electron chi connectivity index (χ4n) is 3.43. The number of pyridine rings is 1. The van der Waals surface area contributed by atoms with Gasteiger partial charge in [-0.25, -0.2) is 4.79 Å². The van der Waals surface area contributed by atoms with Gasteiger partial charge in [0.2, 0.25) is 0 Å². The van der Waals surface area contributed by atoms with Gasteiger partial charge in [-0.1, -0.05) is 6.08 Å². The number of carbonyl (C=O) groups excluding carboxylic acids is 1. The molecule has 118 valence electrons. The molecule has 0 aliphatic carbocycles. The van der Waals surface area contributed by atoms with E-state index in [1.807, 2.05) is 44.1 Å². The third kappa shape index (κ3) is 2.87. The molecule has 2 aliphatic rings. The van der Waals surface area contributed by atoms with Gasteiger partial charge in [0.25, 0.3) is 0 Å². The maximum absolute atomic E-state index is 12.4. The van der Waals surface area contributed by atoms with Gasteiger partial charge < -0.3 is 4.74 Å². The minimum absolute atomic E-state index is 0.156. The molecule has 1 saturated heterocycles. The van der Waals surface area contributed by atoms with Crippen molar-refractivity contribution in [2.75, 3.05) is 0 Å². The van der Waals surface area contributed by atoms with Gasteiger partial charge in [-0.2, -0.15) is 0 Å². The molecule has 0 saturated carbocycles. The fourth-order valence-corrected chi connectivity index (χ4v) is 3.43. The highest BCUT2D eigenvalue weighted by molar-refractivity contribution is 5.75. The standard InChI is InChI=1S/C18H24N2O2/c1-12-7-8-19-11-16(12)13-9-14-5-6-15(10-13)20(14)17(21)22-18(2,3)4/h7-9,11,14-15H,5-6,10H2,1-4H3. The SMILES string of the molecule is Cc1ccncc1C1=CC2CCC(C1)N2C(=O)OC(C)(C)C. The van der Waals surface area contributed by atoms with Crippen LogP contribution in [0.4, 0.5) is 4.79 Å². The lowest BCUT2D eigenvalue weighted by molar-refractivity contribution is 0.0175. The molecular weight excluding hydrogens is 276 g/mol. The van der Waals surface area contributed by atoms with Crippen LogP contribution >= 0.6 is 0 Å². The molecule has 4 nitrogen and oxygen atoms in total. The monoisotopic (exact) mass is 300 g/mol. The molecule has 1 aromatic heterocycles. The predicted octanol–water partition coefficient (Wildman–Crippen LogP) is 3.95. The maximum atomic E-state index is 12.4. The van der Waals surface area contributed by atoms with E-state index in [2.05, 4.69) is 18.0 Å². The van der Waals surface area contributed by atoms with Crippen LogP contribution in [0.25, 0.3) is 5.57 Å². The van der Waals surface area contributed by atoms with E-state index in [9.17, 15) is 4.79 Å². The molecule has 2 bridgehead atoms.